The summed E-state index contributed by atoms with van der Waals surface area (Å²) >= 11 is 0. The zero-order valence-corrected chi connectivity index (χ0v) is 9.22. The molecule has 1 aromatic heterocycles. The van der Waals surface area contributed by atoms with Gasteiger partial charge in [-0.2, -0.15) is 5.10 Å². The molecule has 0 aromatic carbocycles. The van der Waals surface area contributed by atoms with Gasteiger partial charge in [-0.1, -0.05) is 12.8 Å². The van der Waals surface area contributed by atoms with E-state index in [-0.39, 0.29) is 19.1 Å². The van der Waals surface area contributed by atoms with Gasteiger partial charge in [0.05, 0.1) is 12.6 Å². The van der Waals surface area contributed by atoms with Gasteiger partial charge in [0.1, 0.15) is 5.69 Å². The number of aromatic nitrogens is 2. The van der Waals surface area contributed by atoms with Crippen LogP contribution in [0.15, 0.2) is 12.3 Å². The molecule has 0 unspecified atom stereocenters. The van der Waals surface area contributed by atoms with Gasteiger partial charge in [0.25, 0.3) is 5.91 Å². The molecule has 88 valence electrons. The van der Waals surface area contributed by atoms with Gasteiger partial charge < -0.3 is 10.4 Å². The Morgan fingerprint density at radius 3 is 3.00 bits per heavy atom. The average Bonchev–Trinajstić information content (AvgIpc) is 2.94. The number of nitrogens with zero attached hydrogens (tertiary/aromatic N) is 2. The van der Waals surface area contributed by atoms with Gasteiger partial charge in [0.15, 0.2) is 0 Å². The summed E-state index contributed by atoms with van der Waals surface area (Å²) in [6.07, 6.45) is 6.66. The van der Waals surface area contributed by atoms with Crippen molar-refractivity contribution in [2.24, 2.45) is 0 Å². The molecule has 0 bridgehead atoms. The lowest BCUT2D eigenvalue weighted by molar-refractivity contribution is 0.0938. The van der Waals surface area contributed by atoms with E-state index in [1.807, 2.05) is 10.9 Å². The van der Waals surface area contributed by atoms with E-state index in [1.54, 1.807) is 6.07 Å². The Morgan fingerprint density at radius 1 is 1.56 bits per heavy atom. The molecule has 1 fully saturated rings. The minimum absolute atomic E-state index is 0.0466. The van der Waals surface area contributed by atoms with Crippen LogP contribution in [-0.2, 0) is 0 Å². The van der Waals surface area contributed by atoms with Crippen LogP contribution < -0.4 is 5.32 Å². The van der Waals surface area contributed by atoms with Crippen molar-refractivity contribution < 1.29 is 9.90 Å². The summed E-state index contributed by atoms with van der Waals surface area (Å²) in [7, 11) is 0. The smallest absolute Gasteiger partial charge is 0.271 e. The van der Waals surface area contributed by atoms with E-state index in [0.29, 0.717) is 11.7 Å². The van der Waals surface area contributed by atoms with Gasteiger partial charge in [-0.3, -0.25) is 9.48 Å². The first-order chi connectivity index (χ1) is 7.81. The quantitative estimate of drug-likeness (QED) is 0.790. The highest BCUT2D eigenvalue weighted by atomic mass is 16.3. The number of nitrogens with one attached hydrogen (secondary N) is 1. The molecule has 2 N–H and O–H groups in total. The Labute approximate surface area is 94.5 Å². The van der Waals surface area contributed by atoms with Crippen LogP contribution in [0.5, 0.6) is 0 Å². The summed E-state index contributed by atoms with van der Waals surface area (Å²) in [6.45, 7) is 0.226. The second-order valence-corrected chi connectivity index (χ2v) is 4.10. The Kier molecular flexibility index (Phi) is 3.56. The first-order valence-electron chi connectivity index (χ1n) is 5.75. The van der Waals surface area contributed by atoms with Gasteiger partial charge in [0, 0.05) is 12.7 Å². The first-order valence-corrected chi connectivity index (χ1v) is 5.75. The molecule has 1 aliphatic rings. The number of aliphatic hydroxyl groups excluding tert-OH is 1. The maximum atomic E-state index is 11.5. The molecule has 0 radical (unpaired) electrons. The lowest BCUT2D eigenvalue weighted by Crippen LogP contribution is -2.27. The highest BCUT2D eigenvalue weighted by Crippen LogP contribution is 2.28. The Bertz CT molecular complexity index is 356. The van der Waals surface area contributed by atoms with Crippen molar-refractivity contribution in [2.75, 3.05) is 13.2 Å². The van der Waals surface area contributed by atoms with Crippen LogP contribution in [0.3, 0.4) is 0 Å². The number of carbonyl (C=O) groups excluding carboxylic acids is 1. The van der Waals surface area contributed by atoms with Crippen molar-refractivity contribution in [1.29, 1.82) is 0 Å². The maximum absolute atomic E-state index is 11.5. The molecule has 0 atom stereocenters. The minimum atomic E-state index is -0.217. The number of rotatable bonds is 4. The van der Waals surface area contributed by atoms with E-state index in [0.717, 1.165) is 12.8 Å². The molecule has 1 saturated carbocycles. The van der Waals surface area contributed by atoms with Crippen molar-refractivity contribution >= 4 is 5.91 Å². The monoisotopic (exact) mass is 223 g/mol. The fraction of sp³-hybridized carbons (Fsp3) is 0.636. The zero-order valence-electron chi connectivity index (χ0n) is 9.22. The Balaban J connectivity index is 1.98. The molecular formula is C11H17N3O2. The maximum Gasteiger partial charge on any atom is 0.271 e. The minimum Gasteiger partial charge on any atom is -0.395 e. The fourth-order valence-corrected chi connectivity index (χ4v) is 2.09. The summed E-state index contributed by atoms with van der Waals surface area (Å²) in [5.41, 5.74) is 0.431. The topological polar surface area (TPSA) is 67.2 Å². The van der Waals surface area contributed by atoms with E-state index >= 15 is 0 Å². The van der Waals surface area contributed by atoms with Crippen molar-refractivity contribution in [3.05, 3.63) is 18.0 Å². The van der Waals surface area contributed by atoms with E-state index in [4.69, 9.17) is 5.11 Å². The zero-order chi connectivity index (χ0) is 11.4. The van der Waals surface area contributed by atoms with Gasteiger partial charge >= 0.3 is 0 Å². The highest BCUT2D eigenvalue weighted by Gasteiger charge is 2.18. The molecule has 5 nitrogen and oxygen atoms in total. The van der Waals surface area contributed by atoms with Crippen LogP contribution in [0.1, 0.15) is 42.2 Å². The SMILES string of the molecule is O=C(NCCO)c1ccn(C2CCCC2)n1. The summed E-state index contributed by atoms with van der Waals surface area (Å²) < 4.78 is 1.89. The lowest BCUT2D eigenvalue weighted by Gasteiger charge is -2.08. The van der Waals surface area contributed by atoms with E-state index < -0.39 is 0 Å². The second kappa shape index (κ2) is 5.12. The third kappa shape index (κ3) is 2.41. The van der Waals surface area contributed by atoms with Crippen molar-refractivity contribution in [3.63, 3.8) is 0 Å². The van der Waals surface area contributed by atoms with E-state index in [9.17, 15) is 4.79 Å². The third-order valence-electron chi connectivity index (χ3n) is 2.94. The molecule has 5 heteroatoms. The normalized spacial score (nSPS) is 16.6. The van der Waals surface area contributed by atoms with Crippen LogP contribution >= 0.6 is 0 Å². The van der Waals surface area contributed by atoms with Crippen LogP contribution in [0, 0.1) is 0 Å². The predicted molar refractivity (Wildman–Crippen MR) is 59.2 cm³/mol. The lowest BCUT2D eigenvalue weighted by atomic mass is 10.3. The number of hydrogen-bond acceptors (Lipinski definition) is 3. The predicted octanol–water partition coefficient (Wildman–Crippen LogP) is 0.720. The van der Waals surface area contributed by atoms with Gasteiger partial charge in [-0.05, 0) is 18.9 Å². The average molecular weight is 223 g/mol. The molecule has 2 rings (SSSR count). The number of amides is 1. The third-order valence-corrected chi connectivity index (χ3v) is 2.94. The second-order valence-electron chi connectivity index (χ2n) is 4.10. The molecule has 1 amide bonds. The van der Waals surface area contributed by atoms with Gasteiger partial charge in [0.2, 0.25) is 0 Å². The highest BCUT2D eigenvalue weighted by molar-refractivity contribution is 5.92. The van der Waals surface area contributed by atoms with Crippen molar-refractivity contribution in [1.82, 2.24) is 15.1 Å². The number of carbonyl (C=O) groups is 1. The molecule has 1 aliphatic carbocycles. The molecule has 0 aliphatic heterocycles. The molecule has 1 heterocycles. The van der Waals surface area contributed by atoms with E-state index in [1.165, 1.54) is 12.8 Å². The molecule has 0 saturated heterocycles. The van der Waals surface area contributed by atoms with Gasteiger partial charge in [-0.15, -0.1) is 0 Å². The summed E-state index contributed by atoms with van der Waals surface area (Å²) in [5, 5.41) is 15.5. The summed E-state index contributed by atoms with van der Waals surface area (Å²) in [4.78, 5) is 11.5. The van der Waals surface area contributed by atoms with Crippen molar-refractivity contribution in [3.8, 4) is 0 Å². The molecule has 16 heavy (non-hydrogen) atoms. The van der Waals surface area contributed by atoms with Crippen molar-refractivity contribution in [2.45, 2.75) is 31.7 Å². The fourth-order valence-electron chi connectivity index (χ4n) is 2.09. The van der Waals surface area contributed by atoms with Crippen LogP contribution in [0.2, 0.25) is 0 Å². The summed E-state index contributed by atoms with van der Waals surface area (Å²) in [6, 6.07) is 2.18. The largest absolute Gasteiger partial charge is 0.395 e. The molecule has 1 aromatic rings. The van der Waals surface area contributed by atoms with Crippen LogP contribution in [0.4, 0.5) is 0 Å². The van der Waals surface area contributed by atoms with Crippen LogP contribution in [-0.4, -0.2) is 33.9 Å². The molecular weight excluding hydrogens is 206 g/mol. The standard InChI is InChI=1S/C11H17N3O2/c15-8-6-12-11(16)10-5-7-14(13-10)9-3-1-2-4-9/h5,7,9,15H,1-4,6,8H2,(H,12,16). The first kappa shape index (κ1) is 11.1. The summed E-state index contributed by atoms with van der Waals surface area (Å²) in [5.74, 6) is -0.217. The van der Waals surface area contributed by atoms with E-state index in [2.05, 4.69) is 10.4 Å². The number of aliphatic hydroxyl groups is 1. The van der Waals surface area contributed by atoms with Gasteiger partial charge in [-0.25, -0.2) is 0 Å². The van der Waals surface area contributed by atoms with Crippen LogP contribution in [0.25, 0.3) is 0 Å². The Morgan fingerprint density at radius 2 is 2.31 bits per heavy atom. The number of hydrogen-bond donors (Lipinski definition) is 2. The Hall–Kier alpha value is -1.36. The molecule has 0 spiro atoms.